The molecule has 2 rings (SSSR count). The molecule has 0 aliphatic carbocycles. The van der Waals surface area contributed by atoms with Crippen LogP contribution in [-0.2, 0) is 11.0 Å². The van der Waals surface area contributed by atoms with Crippen molar-refractivity contribution < 1.29 is 23.1 Å². The van der Waals surface area contributed by atoms with Crippen molar-refractivity contribution in [1.29, 1.82) is 0 Å². The van der Waals surface area contributed by atoms with E-state index in [0.717, 1.165) is 12.1 Å². The maximum absolute atomic E-state index is 13.0. The molecule has 1 fully saturated rings. The van der Waals surface area contributed by atoms with Crippen LogP contribution in [0, 0.1) is 0 Å². The fourth-order valence-corrected chi connectivity index (χ4v) is 3.94. The lowest BCUT2D eigenvalue weighted by molar-refractivity contribution is -0.137. The summed E-state index contributed by atoms with van der Waals surface area (Å²) < 4.78 is 38.5. The first-order valence-corrected chi connectivity index (χ1v) is 10.8. The number of carbonyl (C=O) groups is 1. The largest absolute Gasteiger partial charge is 0.416 e. The molecular formula is C21H30ClF3N6O2. The van der Waals surface area contributed by atoms with Gasteiger partial charge in [0.1, 0.15) is 16.7 Å². The molecule has 1 amide bonds. The second-order valence-corrected chi connectivity index (χ2v) is 8.20. The van der Waals surface area contributed by atoms with Crippen LogP contribution in [0.1, 0.15) is 36.4 Å². The number of nitrogens with two attached hydrogens (primary N) is 2. The van der Waals surface area contributed by atoms with Gasteiger partial charge in [0.25, 0.3) is 0 Å². The SMILES string of the molecule is C/N=C(N)\C(Cl)=C(/NC)N1CCC(N)(C(=O)N[C@@H](CCO)c2ccc(C(F)(F)F)cc2)CC1. The average molecular weight is 491 g/mol. The Morgan fingerprint density at radius 2 is 1.88 bits per heavy atom. The lowest BCUT2D eigenvalue weighted by atomic mass is 9.87. The van der Waals surface area contributed by atoms with Gasteiger partial charge < -0.3 is 32.1 Å². The highest BCUT2D eigenvalue weighted by Gasteiger charge is 2.39. The van der Waals surface area contributed by atoms with E-state index in [9.17, 15) is 23.1 Å². The second kappa shape index (κ2) is 11.1. The summed E-state index contributed by atoms with van der Waals surface area (Å²) in [6.07, 6.45) is -3.72. The molecule has 8 nitrogen and oxygen atoms in total. The molecule has 184 valence electrons. The molecule has 1 aliphatic heterocycles. The van der Waals surface area contributed by atoms with E-state index in [2.05, 4.69) is 15.6 Å². The highest BCUT2D eigenvalue weighted by molar-refractivity contribution is 6.43. The van der Waals surface area contributed by atoms with Crippen LogP contribution < -0.4 is 22.1 Å². The van der Waals surface area contributed by atoms with Gasteiger partial charge in [0, 0.05) is 33.8 Å². The number of rotatable bonds is 8. The molecule has 0 aromatic heterocycles. The molecule has 1 saturated heterocycles. The van der Waals surface area contributed by atoms with Gasteiger partial charge in [-0.1, -0.05) is 23.7 Å². The van der Waals surface area contributed by atoms with Crippen LogP contribution in [0.25, 0.3) is 0 Å². The summed E-state index contributed by atoms with van der Waals surface area (Å²) in [7, 11) is 3.22. The van der Waals surface area contributed by atoms with E-state index < -0.39 is 29.2 Å². The van der Waals surface area contributed by atoms with E-state index in [1.54, 1.807) is 7.05 Å². The summed E-state index contributed by atoms with van der Waals surface area (Å²) in [5.41, 5.74) is 10.7. The third kappa shape index (κ3) is 6.52. The number of benzene rings is 1. The minimum Gasteiger partial charge on any atom is -0.396 e. The maximum atomic E-state index is 13.0. The van der Waals surface area contributed by atoms with Gasteiger partial charge in [0.05, 0.1) is 17.1 Å². The fourth-order valence-electron chi connectivity index (χ4n) is 3.64. The Morgan fingerprint density at radius 3 is 2.33 bits per heavy atom. The third-order valence-corrected chi connectivity index (χ3v) is 6.07. The Bertz CT molecular complexity index is 881. The number of carbonyl (C=O) groups excluding carboxylic acids is 1. The molecule has 1 heterocycles. The molecule has 0 unspecified atom stereocenters. The average Bonchev–Trinajstić information content (AvgIpc) is 2.79. The van der Waals surface area contributed by atoms with Crippen LogP contribution in [0.5, 0.6) is 0 Å². The normalized spacial score (nSPS) is 18.4. The lowest BCUT2D eigenvalue weighted by Gasteiger charge is -2.40. The number of hydrogen-bond donors (Lipinski definition) is 5. The van der Waals surface area contributed by atoms with Gasteiger partial charge >= 0.3 is 6.18 Å². The van der Waals surface area contributed by atoms with Crippen molar-refractivity contribution in [3.63, 3.8) is 0 Å². The van der Waals surface area contributed by atoms with Crippen LogP contribution in [-0.4, -0.2) is 61.1 Å². The van der Waals surface area contributed by atoms with Crippen molar-refractivity contribution in [2.45, 2.75) is 37.0 Å². The number of amides is 1. The van der Waals surface area contributed by atoms with E-state index in [0.29, 0.717) is 37.3 Å². The summed E-state index contributed by atoms with van der Waals surface area (Å²) >= 11 is 6.29. The zero-order valence-corrected chi connectivity index (χ0v) is 19.3. The standard InChI is InChI=1S/C21H30ClF3N6O2/c1-28-17(26)16(22)18(29-2)31-10-8-20(27,9-11-31)19(33)30-15(7-12-32)13-3-5-14(6-4-13)21(23,24)25/h3-6,15,29,32H,7-12,27H2,1-2H3,(H2,26,28)(H,30,33)/b18-16-/t15-/m0/s1. The Kier molecular flexibility index (Phi) is 8.98. The van der Waals surface area contributed by atoms with Gasteiger partial charge in [-0.15, -0.1) is 0 Å². The van der Waals surface area contributed by atoms with E-state index in [1.807, 2.05) is 4.90 Å². The van der Waals surface area contributed by atoms with Gasteiger partial charge in [0.2, 0.25) is 5.91 Å². The van der Waals surface area contributed by atoms with Crippen LogP contribution in [0.15, 0.2) is 40.1 Å². The zero-order chi connectivity index (χ0) is 24.8. The van der Waals surface area contributed by atoms with Crippen molar-refractivity contribution in [2.75, 3.05) is 33.8 Å². The zero-order valence-electron chi connectivity index (χ0n) is 18.5. The minimum atomic E-state index is -4.46. The summed E-state index contributed by atoms with van der Waals surface area (Å²) in [6.45, 7) is 0.572. The Labute approximate surface area is 195 Å². The first-order chi connectivity index (χ1) is 15.5. The molecule has 0 radical (unpaired) electrons. The Morgan fingerprint density at radius 1 is 1.30 bits per heavy atom. The maximum Gasteiger partial charge on any atom is 0.416 e. The number of nitrogens with one attached hydrogen (secondary N) is 2. The number of alkyl halides is 3. The predicted molar refractivity (Wildman–Crippen MR) is 121 cm³/mol. The van der Waals surface area contributed by atoms with E-state index >= 15 is 0 Å². The van der Waals surface area contributed by atoms with E-state index in [4.69, 9.17) is 23.1 Å². The van der Waals surface area contributed by atoms with Gasteiger partial charge in [-0.3, -0.25) is 9.79 Å². The van der Waals surface area contributed by atoms with E-state index in [-0.39, 0.29) is 23.9 Å². The highest BCUT2D eigenvalue weighted by Crippen LogP contribution is 2.31. The number of piperidine rings is 1. The summed E-state index contributed by atoms with van der Waals surface area (Å²) in [4.78, 5) is 18.8. The molecule has 0 bridgehead atoms. The Balaban J connectivity index is 2.12. The smallest absolute Gasteiger partial charge is 0.396 e. The second-order valence-electron chi connectivity index (χ2n) is 7.82. The van der Waals surface area contributed by atoms with Gasteiger partial charge in [-0.2, -0.15) is 13.2 Å². The Hall–Kier alpha value is -2.50. The molecule has 1 atom stereocenters. The van der Waals surface area contributed by atoms with Crippen LogP contribution in [0.4, 0.5) is 13.2 Å². The summed E-state index contributed by atoms with van der Waals surface area (Å²) in [6, 6.07) is 3.81. The minimum absolute atomic E-state index is 0.136. The van der Waals surface area contributed by atoms with Gasteiger partial charge in [-0.05, 0) is 37.0 Å². The van der Waals surface area contributed by atoms with E-state index in [1.165, 1.54) is 19.2 Å². The lowest BCUT2D eigenvalue weighted by Crippen LogP contribution is -2.60. The molecule has 1 aliphatic rings. The molecular weight excluding hydrogens is 461 g/mol. The van der Waals surface area contributed by atoms with Crippen molar-refractivity contribution in [1.82, 2.24) is 15.5 Å². The number of hydrogen-bond acceptors (Lipinski definition) is 6. The van der Waals surface area contributed by atoms with Crippen LogP contribution in [0.2, 0.25) is 0 Å². The third-order valence-electron chi connectivity index (χ3n) is 5.70. The monoisotopic (exact) mass is 490 g/mol. The number of halogens is 4. The topological polar surface area (TPSA) is 129 Å². The van der Waals surface area contributed by atoms with Gasteiger partial charge in [0.15, 0.2) is 0 Å². The summed E-state index contributed by atoms with van der Waals surface area (Å²) in [5.74, 6) is 0.313. The highest BCUT2D eigenvalue weighted by atomic mass is 35.5. The first-order valence-electron chi connectivity index (χ1n) is 10.4. The molecule has 1 aromatic rings. The van der Waals surface area contributed by atoms with Crippen LogP contribution >= 0.6 is 11.6 Å². The van der Waals surface area contributed by atoms with Gasteiger partial charge in [-0.25, -0.2) is 0 Å². The number of aliphatic hydroxyl groups is 1. The predicted octanol–water partition coefficient (Wildman–Crippen LogP) is 1.65. The van der Waals surface area contributed by atoms with Crippen molar-refractivity contribution >= 4 is 23.3 Å². The molecule has 12 heteroatoms. The molecule has 1 aromatic carbocycles. The molecule has 33 heavy (non-hydrogen) atoms. The number of aliphatic imine (C=N–C) groups is 1. The van der Waals surface area contributed by atoms with Crippen LogP contribution in [0.3, 0.4) is 0 Å². The number of nitrogens with zero attached hydrogens (tertiary/aromatic N) is 2. The number of aliphatic hydroxyl groups excluding tert-OH is 1. The molecule has 7 N–H and O–H groups in total. The summed E-state index contributed by atoms with van der Waals surface area (Å²) in [5, 5.41) is 15.4. The molecule has 0 spiro atoms. The number of likely N-dealkylation sites (tertiary alicyclic amines) is 1. The number of amidine groups is 1. The van der Waals surface area contributed by atoms with Crippen molar-refractivity contribution in [3.8, 4) is 0 Å². The molecule has 0 saturated carbocycles. The fraction of sp³-hybridized carbons (Fsp3) is 0.524. The van der Waals surface area contributed by atoms with Crippen molar-refractivity contribution in [3.05, 3.63) is 46.2 Å². The quantitative estimate of drug-likeness (QED) is 0.278. The first kappa shape index (κ1) is 26.7. The van der Waals surface area contributed by atoms with Crippen molar-refractivity contribution in [2.24, 2.45) is 16.5 Å².